The van der Waals surface area contributed by atoms with Crippen LogP contribution in [-0.2, 0) is 17.7 Å². The molecule has 0 N–H and O–H groups in total. The average molecular weight is 424 g/mol. The van der Waals surface area contributed by atoms with Gasteiger partial charge in [0.15, 0.2) is 0 Å². The molecule has 0 bridgehead atoms. The molecule has 1 aliphatic heterocycles. The number of fused-ring (bicyclic) bond motifs is 1. The minimum Gasteiger partial charge on any atom is -0.444 e. The van der Waals surface area contributed by atoms with Crippen LogP contribution in [0.5, 0.6) is 0 Å². The Labute approximate surface area is 184 Å². The molecule has 1 aromatic carbocycles. The molecule has 0 radical (unpaired) electrons. The first kappa shape index (κ1) is 21.6. The number of hydrogen-bond donors (Lipinski definition) is 0. The molecule has 1 fully saturated rings. The van der Waals surface area contributed by atoms with Gasteiger partial charge in [-0.3, -0.25) is 9.36 Å². The summed E-state index contributed by atoms with van der Waals surface area (Å²) in [5, 5.41) is 0. The van der Waals surface area contributed by atoms with Crippen molar-refractivity contribution in [2.45, 2.75) is 78.0 Å². The summed E-state index contributed by atoms with van der Waals surface area (Å²) in [7, 11) is 0. The van der Waals surface area contributed by atoms with E-state index in [0.29, 0.717) is 31.1 Å². The fourth-order valence-corrected chi connectivity index (χ4v) is 4.99. The van der Waals surface area contributed by atoms with Gasteiger partial charge in [-0.1, -0.05) is 43.2 Å². The number of benzene rings is 1. The molecular formula is C25H33N3O3. The number of aryl methyl sites for hydroxylation is 1. The standard InChI is InChI=1S/C25H33N3O3/c1-17-26-21-16-27(24(30)31-25(2,3)4)15-14-20(21)23(29)28(17)22(19-12-8-9-13-19)18-10-6-5-7-11-18/h5-7,10-11,19,22H,8-9,12-16H2,1-4H3. The zero-order valence-corrected chi connectivity index (χ0v) is 19.1. The van der Waals surface area contributed by atoms with Crippen LogP contribution in [0.4, 0.5) is 4.79 Å². The monoisotopic (exact) mass is 423 g/mol. The SMILES string of the molecule is Cc1nc2c(c(=O)n1C(c1ccccc1)C1CCCC1)CCN(C(=O)OC(C)(C)C)C2. The maximum atomic E-state index is 13.7. The zero-order chi connectivity index (χ0) is 22.2. The Hall–Kier alpha value is -2.63. The van der Waals surface area contributed by atoms with E-state index >= 15 is 0 Å². The normalized spacial score (nSPS) is 18.0. The number of aromatic nitrogens is 2. The molecule has 1 saturated carbocycles. The van der Waals surface area contributed by atoms with Gasteiger partial charge in [-0.2, -0.15) is 0 Å². The molecule has 6 heteroatoms. The highest BCUT2D eigenvalue weighted by Crippen LogP contribution is 2.38. The number of amides is 1. The summed E-state index contributed by atoms with van der Waals surface area (Å²) < 4.78 is 7.44. The van der Waals surface area contributed by atoms with Crippen LogP contribution in [0.3, 0.4) is 0 Å². The van der Waals surface area contributed by atoms with Gasteiger partial charge in [-0.25, -0.2) is 9.78 Å². The van der Waals surface area contributed by atoms with Crippen molar-refractivity contribution in [1.82, 2.24) is 14.5 Å². The maximum absolute atomic E-state index is 13.7. The number of hydrogen-bond acceptors (Lipinski definition) is 4. The van der Waals surface area contributed by atoms with E-state index in [1.54, 1.807) is 4.90 Å². The number of carbonyl (C=O) groups is 1. The Morgan fingerprint density at radius 1 is 1.16 bits per heavy atom. The van der Waals surface area contributed by atoms with Gasteiger partial charge in [-0.15, -0.1) is 0 Å². The van der Waals surface area contributed by atoms with Gasteiger partial charge in [0.05, 0.1) is 18.3 Å². The second kappa shape index (κ2) is 8.48. The summed E-state index contributed by atoms with van der Waals surface area (Å²) in [5.41, 5.74) is 2.12. The van der Waals surface area contributed by atoms with Gasteiger partial charge in [0.25, 0.3) is 5.56 Å². The lowest BCUT2D eigenvalue weighted by atomic mass is 9.90. The average Bonchev–Trinajstić information content (AvgIpc) is 3.24. The van der Waals surface area contributed by atoms with Crippen molar-refractivity contribution >= 4 is 6.09 Å². The molecule has 31 heavy (non-hydrogen) atoms. The summed E-state index contributed by atoms with van der Waals surface area (Å²) >= 11 is 0. The first-order chi connectivity index (χ1) is 14.7. The number of nitrogens with zero attached hydrogens (tertiary/aromatic N) is 3. The maximum Gasteiger partial charge on any atom is 0.410 e. The lowest BCUT2D eigenvalue weighted by Crippen LogP contribution is -2.44. The van der Waals surface area contributed by atoms with Crippen molar-refractivity contribution in [3.05, 3.63) is 63.3 Å². The van der Waals surface area contributed by atoms with E-state index in [1.165, 1.54) is 18.4 Å². The Morgan fingerprint density at radius 3 is 2.48 bits per heavy atom. The topological polar surface area (TPSA) is 64.4 Å². The van der Waals surface area contributed by atoms with Gasteiger partial charge in [0, 0.05) is 12.1 Å². The van der Waals surface area contributed by atoms with E-state index in [1.807, 2.05) is 50.5 Å². The van der Waals surface area contributed by atoms with Crippen LogP contribution in [0.25, 0.3) is 0 Å². The van der Waals surface area contributed by atoms with Crippen molar-refractivity contribution < 1.29 is 9.53 Å². The van der Waals surface area contributed by atoms with Crippen LogP contribution in [0.15, 0.2) is 35.1 Å². The van der Waals surface area contributed by atoms with E-state index in [9.17, 15) is 9.59 Å². The van der Waals surface area contributed by atoms with E-state index in [0.717, 1.165) is 24.2 Å². The molecule has 6 nitrogen and oxygen atoms in total. The van der Waals surface area contributed by atoms with E-state index in [-0.39, 0.29) is 17.7 Å². The van der Waals surface area contributed by atoms with Gasteiger partial charge >= 0.3 is 6.09 Å². The van der Waals surface area contributed by atoms with Crippen molar-refractivity contribution in [1.29, 1.82) is 0 Å². The summed E-state index contributed by atoms with van der Waals surface area (Å²) in [4.78, 5) is 32.7. The van der Waals surface area contributed by atoms with Crippen LogP contribution >= 0.6 is 0 Å². The molecule has 1 aliphatic carbocycles. The molecule has 1 unspecified atom stereocenters. The van der Waals surface area contributed by atoms with Crippen molar-refractivity contribution in [2.24, 2.45) is 5.92 Å². The second-order valence-corrected chi connectivity index (χ2v) is 9.81. The van der Waals surface area contributed by atoms with Crippen LogP contribution < -0.4 is 5.56 Å². The predicted molar refractivity (Wildman–Crippen MR) is 120 cm³/mol. The third-order valence-corrected chi connectivity index (χ3v) is 6.36. The minimum absolute atomic E-state index is 0.0119. The fraction of sp³-hybridized carbons (Fsp3) is 0.560. The van der Waals surface area contributed by atoms with Gasteiger partial charge < -0.3 is 9.64 Å². The summed E-state index contributed by atoms with van der Waals surface area (Å²) in [6.45, 7) is 8.28. The number of carbonyl (C=O) groups excluding carboxylic acids is 1. The summed E-state index contributed by atoms with van der Waals surface area (Å²) in [5.74, 6) is 1.16. The number of ether oxygens (including phenoxy) is 1. The highest BCUT2D eigenvalue weighted by Gasteiger charge is 2.33. The van der Waals surface area contributed by atoms with Gasteiger partial charge in [0.2, 0.25) is 0 Å². The molecule has 2 aromatic rings. The minimum atomic E-state index is -0.547. The highest BCUT2D eigenvalue weighted by atomic mass is 16.6. The number of rotatable bonds is 3. The Morgan fingerprint density at radius 2 is 1.84 bits per heavy atom. The van der Waals surface area contributed by atoms with Crippen molar-refractivity contribution in [3.8, 4) is 0 Å². The van der Waals surface area contributed by atoms with Crippen LogP contribution in [-0.4, -0.2) is 32.7 Å². The van der Waals surface area contributed by atoms with Gasteiger partial charge in [-0.05, 0) is 58.4 Å². The largest absolute Gasteiger partial charge is 0.444 e. The molecule has 166 valence electrons. The first-order valence-corrected chi connectivity index (χ1v) is 11.4. The predicted octanol–water partition coefficient (Wildman–Crippen LogP) is 4.62. The van der Waals surface area contributed by atoms with Gasteiger partial charge in [0.1, 0.15) is 11.4 Å². The van der Waals surface area contributed by atoms with E-state index < -0.39 is 5.60 Å². The lowest BCUT2D eigenvalue weighted by molar-refractivity contribution is 0.0219. The fourth-order valence-electron chi connectivity index (χ4n) is 4.99. The van der Waals surface area contributed by atoms with E-state index in [4.69, 9.17) is 9.72 Å². The molecule has 2 heterocycles. The highest BCUT2D eigenvalue weighted by molar-refractivity contribution is 5.68. The van der Waals surface area contributed by atoms with Crippen molar-refractivity contribution in [3.63, 3.8) is 0 Å². The first-order valence-electron chi connectivity index (χ1n) is 11.4. The molecule has 4 rings (SSSR count). The Kier molecular flexibility index (Phi) is 5.91. The molecule has 1 aromatic heterocycles. The zero-order valence-electron chi connectivity index (χ0n) is 19.1. The lowest BCUT2D eigenvalue weighted by Gasteiger charge is -2.33. The second-order valence-electron chi connectivity index (χ2n) is 9.81. The summed E-state index contributed by atoms with van der Waals surface area (Å²) in [6, 6.07) is 10.4. The molecular weight excluding hydrogens is 390 g/mol. The molecule has 0 saturated heterocycles. The molecule has 1 atom stereocenters. The van der Waals surface area contributed by atoms with Crippen LogP contribution in [0, 0.1) is 12.8 Å². The quantitative estimate of drug-likeness (QED) is 0.722. The van der Waals surface area contributed by atoms with E-state index in [2.05, 4.69) is 12.1 Å². The summed E-state index contributed by atoms with van der Waals surface area (Å²) in [6.07, 6.45) is 4.85. The third kappa shape index (κ3) is 4.53. The van der Waals surface area contributed by atoms with Crippen LogP contribution in [0.1, 0.15) is 75.1 Å². The third-order valence-electron chi connectivity index (χ3n) is 6.36. The molecule has 2 aliphatic rings. The Balaban J connectivity index is 1.70. The van der Waals surface area contributed by atoms with Crippen molar-refractivity contribution in [2.75, 3.05) is 6.54 Å². The molecule has 0 spiro atoms. The Bertz CT molecular complexity index is 1000. The smallest absolute Gasteiger partial charge is 0.410 e. The molecule has 1 amide bonds. The van der Waals surface area contributed by atoms with Crippen LogP contribution in [0.2, 0.25) is 0 Å².